The molecule has 10 heteroatoms. The van der Waals surface area contributed by atoms with Gasteiger partial charge in [-0.3, -0.25) is 0 Å². The highest BCUT2D eigenvalue weighted by atomic mass is 79.9. The molecule has 0 spiro atoms. The summed E-state index contributed by atoms with van der Waals surface area (Å²) in [7, 11) is 3.33. The molecule has 0 heterocycles. The van der Waals surface area contributed by atoms with Crippen LogP contribution in [0.5, 0.6) is 23.0 Å². The molecule has 4 aromatic rings. The Balaban J connectivity index is 0.000000274. The van der Waals surface area contributed by atoms with Gasteiger partial charge in [-0.25, -0.2) is 0 Å². The van der Waals surface area contributed by atoms with Gasteiger partial charge in [-0.2, -0.15) is 0 Å². The van der Waals surface area contributed by atoms with Gasteiger partial charge in [0.1, 0.15) is 36.2 Å². The lowest BCUT2D eigenvalue weighted by Crippen LogP contribution is -2.20. The molecule has 0 aliphatic heterocycles. The first-order chi connectivity index (χ1) is 23.6. The van der Waals surface area contributed by atoms with E-state index in [0.717, 1.165) is 46.3 Å². The molecule has 2 atom stereocenters. The summed E-state index contributed by atoms with van der Waals surface area (Å²) in [4.78, 5) is 0. The summed E-state index contributed by atoms with van der Waals surface area (Å²) in [6, 6.07) is 24.5. The Labute approximate surface area is 331 Å². The van der Waals surface area contributed by atoms with Gasteiger partial charge in [0, 0.05) is 10.8 Å². The third kappa shape index (κ3) is 11.0. The molecule has 272 valence electrons. The van der Waals surface area contributed by atoms with Crippen LogP contribution < -0.4 is 18.9 Å². The minimum atomic E-state index is -0.478. The van der Waals surface area contributed by atoms with Gasteiger partial charge < -0.3 is 29.2 Å². The Kier molecular flexibility index (Phi) is 16.2. The van der Waals surface area contributed by atoms with E-state index in [1.165, 1.54) is 11.1 Å². The second-order valence-corrected chi connectivity index (χ2v) is 16.4. The van der Waals surface area contributed by atoms with E-state index in [1.807, 2.05) is 38.1 Å². The fraction of sp³-hybridized carbons (Fsp3) is 0.400. The number of aliphatic hydroxyl groups excluding tert-OH is 2. The van der Waals surface area contributed by atoms with Crippen molar-refractivity contribution < 1.29 is 29.2 Å². The molecule has 0 aromatic heterocycles. The Hall–Kier alpha value is -2.08. The van der Waals surface area contributed by atoms with Gasteiger partial charge in [-0.05, 0) is 147 Å². The lowest BCUT2D eigenvalue weighted by atomic mass is 9.78. The smallest absolute Gasteiger partial charge is 0.147 e. The monoisotopic (exact) mass is 940 g/mol. The van der Waals surface area contributed by atoms with Crippen molar-refractivity contribution in [1.29, 1.82) is 0 Å². The fourth-order valence-electron chi connectivity index (χ4n) is 5.09. The van der Waals surface area contributed by atoms with Crippen LogP contribution >= 0.6 is 63.7 Å². The highest BCUT2D eigenvalue weighted by Gasteiger charge is 2.28. The highest BCUT2D eigenvalue weighted by molar-refractivity contribution is 9.11. The number of hydrogen-bond donors (Lipinski definition) is 2. The predicted octanol–water partition coefficient (Wildman–Crippen LogP) is 11.4. The molecule has 0 aliphatic carbocycles. The zero-order valence-corrected chi connectivity index (χ0v) is 36.3. The number of halogens is 4. The molecule has 0 radical (unpaired) electrons. The first-order valence-electron chi connectivity index (χ1n) is 16.5. The van der Waals surface area contributed by atoms with Gasteiger partial charge in [0.2, 0.25) is 0 Å². The quantitative estimate of drug-likeness (QED) is 0.131. The van der Waals surface area contributed by atoms with Crippen LogP contribution in [0, 0.1) is 0 Å². The van der Waals surface area contributed by atoms with E-state index < -0.39 is 12.2 Å². The molecule has 2 N–H and O–H groups in total. The molecule has 0 saturated carbocycles. The maximum absolute atomic E-state index is 9.75. The molecule has 0 bridgehead atoms. The second-order valence-electron chi connectivity index (χ2n) is 13.0. The number of rotatable bonds is 14. The largest absolute Gasteiger partial charge is 0.497 e. The molecule has 2 unspecified atom stereocenters. The van der Waals surface area contributed by atoms with Gasteiger partial charge in [-0.1, -0.05) is 65.8 Å². The Morgan fingerprint density at radius 3 is 1.26 bits per heavy atom. The molecule has 4 rings (SSSR count). The van der Waals surface area contributed by atoms with E-state index in [4.69, 9.17) is 18.9 Å². The first kappa shape index (κ1) is 42.3. The zero-order valence-electron chi connectivity index (χ0n) is 30.0. The van der Waals surface area contributed by atoms with Crippen LogP contribution in [0.25, 0.3) is 0 Å². The van der Waals surface area contributed by atoms with Crippen LogP contribution in [-0.4, -0.2) is 49.9 Å². The first-order valence-corrected chi connectivity index (χ1v) is 19.7. The standard InChI is InChI=1S/C20H22Br4O3.C20H26O3/c1-5-13(25)10-27-19-16(23)8-12(9-17(19)24)20(2,3)11-6-14(21)18(26-4)15(22)7-11;1-5-17(21)14-23-19-12-8-16(9-13-19)20(2,3)15-6-10-18(22-4)11-7-15/h6-9,13,25H,5,10H2,1-4H3;6-13,17,21H,5,14H2,1-4H3. The molecular formula is C40H48Br4O6. The van der Waals surface area contributed by atoms with Gasteiger partial charge in [0.25, 0.3) is 0 Å². The number of hydrogen-bond acceptors (Lipinski definition) is 6. The van der Waals surface area contributed by atoms with Crippen LogP contribution in [0.1, 0.15) is 76.6 Å². The second kappa shape index (κ2) is 19.1. The molecule has 50 heavy (non-hydrogen) atoms. The summed E-state index contributed by atoms with van der Waals surface area (Å²) in [6.45, 7) is 13.2. The average molecular weight is 944 g/mol. The van der Waals surface area contributed by atoms with E-state index in [2.05, 4.69) is 140 Å². The van der Waals surface area contributed by atoms with Crippen molar-refractivity contribution in [1.82, 2.24) is 0 Å². The van der Waals surface area contributed by atoms with Crippen molar-refractivity contribution in [2.24, 2.45) is 0 Å². The predicted molar refractivity (Wildman–Crippen MR) is 218 cm³/mol. The number of ether oxygens (including phenoxy) is 4. The van der Waals surface area contributed by atoms with Gasteiger partial charge >= 0.3 is 0 Å². The third-order valence-electron chi connectivity index (χ3n) is 8.84. The Morgan fingerprint density at radius 1 is 0.520 bits per heavy atom. The highest BCUT2D eigenvalue weighted by Crippen LogP contribution is 2.44. The summed E-state index contributed by atoms with van der Waals surface area (Å²) in [6.07, 6.45) is 0.462. The molecule has 0 aliphatic rings. The molecular weight excluding hydrogens is 896 g/mol. The van der Waals surface area contributed by atoms with Crippen LogP contribution in [0.4, 0.5) is 0 Å². The van der Waals surface area contributed by atoms with E-state index in [0.29, 0.717) is 25.2 Å². The molecule has 6 nitrogen and oxygen atoms in total. The van der Waals surface area contributed by atoms with Gasteiger partial charge in [0.15, 0.2) is 0 Å². The molecule has 0 amide bonds. The fourth-order valence-corrected chi connectivity index (χ4v) is 8.02. The zero-order chi connectivity index (χ0) is 37.2. The molecule has 4 aromatic carbocycles. The van der Waals surface area contributed by atoms with Gasteiger partial charge in [0.05, 0.1) is 44.3 Å². The summed E-state index contributed by atoms with van der Waals surface area (Å²) < 4.78 is 25.5. The average Bonchev–Trinajstić information content (AvgIpc) is 3.10. The van der Waals surface area contributed by atoms with Crippen molar-refractivity contribution in [3.05, 3.63) is 113 Å². The van der Waals surface area contributed by atoms with E-state index in [1.54, 1.807) is 14.2 Å². The number of benzene rings is 4. The molecule has 0 fully saturated rings. The lowest BCUT2D eigenvalue weighted by Gasteiger charge is -2.28. The van der Waals surface area contributed by atoms with Crippen molar-refractivity contribution in [2.45, 2.75) is 77.4 Å². The van der Waals surface area contributed by atoms with Crippen molar-refractivity contribution >= 4 is 63.7 Å². The minimum absolute atomic E-state index is 0.103. The minimum Gasteiger partial charge on any atom is -0.497 e. The van der Waals surface area contributed by atoms with E-state index in [9.17, 15) is 10.2 Å². The Bertz CT molecular complexity index is 1630. The van der Waals surface area contributed by atoms with Crippen LogP contribution in [0.15, 0.2) is 90.7 Å². The summed E-state index contributed by atoms with van der Waals surface area (Å²) in [5.41, 5.74) is 4.33. The van der Waals surface area contributed by atoms with E-state index in [-0.39, 0.29) is 17.4 Å². The van der Waals surface area contributed by atoms with E-state index >= 15 is 0 Å². The summed E-state index contributed by atoms with van der Waals surface area (Å²) in [5.74, 6) is 3.11. The van der Waals surface area contributed by atoms with Gasteiger partial charge in [-0.15, -0.1) is 0 Å². The van der Waals surface area contributed by atoms with Crippen molar-refractivity contribution in [2.75, 3.05) is 27.4 Å². The molecule has 0 saturated heterocycles. The number of aliphatic hydroxyl groups is 2. The van der Waals surface area contributed by atoms with Crippen LogP contribution in [0.3, 0.4) is 0 Å². The van der Waals surface area contributed by atoms with Crippen molar-refractivity contribution in [3.63, 3.8) is 0 Å². The maximum Gasteiger partial charge on any atom is 0.147 e. The normalized spacial score (nSPS) is 12.8. The van der Waals surface area contributed by atoms with Crippen LogP contribution in [-0.2, 0) is 10.8 Å². The number of methoxy groups -OCH3 is 2. The Morgan fingerprint density at radius 2 is 0.880 bits per heavy atom. The van der Waals surface area contributed by atoms with Crippen molar-refractivity contribution in [3.8, 4) is 23.0 Å². The lowest BCUT2D eigenvalue weighted by molar-refractivity contribution is 0.103. The SMILES string of the molecule is CCC(O)COc1c(Br)cc(C(C)(C)c2cc(Br)c(OC)c(Br)c2)cc1Br.CCC(O)COc1ccc(C(C)(C)c2ccc(OC)cc2)cc1. The maximum atomic E-state index is 9.75. The summed E-state index contributed by atoms with van der Waals surface area (Å²) in [5, 5.41) is 19.3. The van der Waals surface area contributed by atoms with Crippen LogP contribution in [0.2, 0.25) is 0 Å². The summed E-state index contributed by atoms with van der Waals surface area (Å²) >= 11 is 14.4. The third-order valence-corrected chi connectivity index (χ3v) is 11.2. The topological polar surface area (TPSA) is 77.4 Å².